The molecule has 1 fully saturated rings. The summed E-state index contributed by atoms with van der Waals surface area (Å²) in [6, 6.07) is 9.64. The van der Waals surface area contributed by atoms with E-state index in [-0.39, 0.29) is 36.5 Å². The molecule has 0 saturated carbocycles. The number of nitrogens with zero attached hydrogens (tertiary/aromatic N) is 3. The monoisotopic (exact) mass is 440 g/mol. The van der Waals surface area contributed by atoms with Gasteiger partial charge in [-0.05, 0) is 29.8 Å². The molecule has 0 unspecified atom stereocenters. The van der Waals surface area contributed by atoms with Crippen molar-refractivity contribution in [3.05, 3.63) is 64.7 Å². The molecule has 1 aromatic carbocycles. The summed E-state index contributed by atoms with van der Waals surface area (Å²) in [5, 5.41) is 9.27. The third-order valence-corrected chi connectivity index (χ3v) is 6.58. The molecular formula is C22H21FN4O3S. The van der Waals surface area contributed by atoms with E-state index < -0.39 is 11.4 Å². The molecule has 160 valence electrons. The number of thioether (sulfide) groups is 1. The number of hydrogen-bond acceptors (Lipinski definition) is 8. The van der Waals surface area contributed by atoms with E-state index in [0.29, 0.717) is 34.2 Å². The van der Waals surface area contributed by atoms with Crippen LogP contribution in [0.2, 0.25) is 0 Å². The highest BCUT2D eigenvalue weighted by Gasteiger charge is 2.54. The lowest BCUT2D eigenvalue weighted by Gasteiger charge is -2.36. The summed E-state index contributed by atoms with van der Waals surface area (Å²) in [5.74, 6) is -0.104. The number of methoxy groups -OCH3 is 1. The van der Waals surface area contributed by atoms with Crippen LogP contribution in [-0.4, -0.2) is 48.1 Å². The SMILES string of the molecule is COC[C@H]1OC[C@]2(c3cc(CC(=O)c4ccc(C#N)cn4)ccc3F)N=C(N)SC[C@H]12. The molecule has 1 aromatic heterocycles. The van der Waals surface area contributed by atoms with Gasteiger partial charge < -0.3 is 15.2 Å². The maximum Gasteiger partial charge on any atom is 0.185 e. The molecule has 2 aromatic rings. The molecule has 2 aliphatic heterocycles. The lowest BCUT2D eigenvalue weighted by atomic mass is 9.78. The number of carbonyl (C=O) groups is 1. The van der Waals surface area contributed by atoms with Gasteiger partial charge in [0.15, 0.2) is 11.0 Å². The summed E-state index contributed by atoms with van der Waals surface area (Å²) in [6.07, 6.45) is 1.18. The number of hydrogen-bond donors (Lipinski definition) is 1. The molecule has 4 rings (SSSR count). The average Bonchev–Trinajstić information content (AvgIpc) is 3.13. The van der Waals surface area contributed by atoms with Crippen molar-refractivity contribution in [3.8, 4) is 6.07 Å². The molecule has 3 atom stereocenters. The molecule has 0 aliphatic carbocycles. The van der Waals surface area contributed by atoms with Crippen molar-refractivity contribution < 1.29 is 18.7 Å². The fourth-order valence-electron chi connectivity index (χ4n) is 4.11. The Hall–Kier alpha value is -2.80. The molecule has 2 aliphatic rings. The number of pyridine rings is 1. The number of ether oxygens (including phenoxy) is 2. The highest BCUT2D eigenvalue weighted by atomic mass is 32.2. The van der Waals surface area contributed by atoms with Gasteiger partial charge in [0.2, 0.25) is 0 Å². The molecule has 9 heteroatoms. The highest BCUT2D eigenvalue weighted by Crippen LogP contribution is 2.48. The second-order valence-corrected chi connectivity index (χ2v) is 8.59. The summed E-state index contributed by atoms with van der Waals surface area (Å²) in [7, 11) is 1.60. The van der Waals surface area contributed by atoms with Crippen molar-refractivity contribution in [1.29, 1.82) is 5.26 Å². The number of ketones is 1. The van der Waals surface area contributed by atoms with Gasteiger partial charge in [-0.25, -0.2) is 9.38 Å². The van der Waals surface area contributed by atoms with Crippen LogP contribution in [0.4, 0.5) is 4.39 Å². The molecule has 1 saturated heterocycles. The number of halogens is 1. The van der Waals surface area contributed by atoms with Crippen LogP contribution in [0, 0.1) is 23.1 Å². The average molecular weight is 441 g/mol. The zero-order valence-corrected chi connectivity index (χ0v) is 17.7. The minimum atomic E-state index is -0.950. The van der Waals surface area contributed by atoms with Gasteiger partial charge in [0.05, 0.1) is 24.9 Å². The van der Waals surface area contributed by atoms with E-state index in [9.17, 15) is 4.79 Å². The van der Waals surface area contributed by atoms with Crippen LogP contribution in [0.15, 0.2) is 41.5 Å². The second kappa shape index (κ2) is 8.75. The first-order valence-electron chi connectivity index (χ1n) is 9.74. The number of nitrogens with two attached hydrogens (primary N) is 1. The van der Waals surface area contributed by atoms with Crippen LogP contribution in [0.25, 0.3) is 0 Å². The predicted octanol–water partition coefficient (Wildman–Crippen LogP) is 2.44. The van der Waals surface area contributed by atoms with Crippen molar-refractivity contribution in [2.45, 2.75) is 18.1 Å². The normalized spacial score (nSPS) is 24.9. The Balaban J connectivity index is 1.66. The van der Waals surface area contributed by atoms with Gasteiger partial charge in [0.1, 0.15) is 23.1 Å². The molecule has 0 spiro atoms. The molecule has 7 nitrogen and oxygen atoms in total. The standard InChI is InChI=1S/C22H21FN4O3S/c1-29-10-20-16-11-31-21(25)27-22(16,12-30-20)15-6-13(2-4-17(15)23)7-19(28)18-5-3-14(8-24)9-26-18/h2-6,9,16,20H,7,10-12H2,1H3,(H2,25,27)/t16-,20-,22-/m1/s1. The molecule has 0 radical (unpaired) electrons. The summed E-state index contributed by atoms with van der Waals surface area (Å²) < 4.78 is 26.3. The Morgan fingerprint density at radius 3 is 3.00 bits per heavy atom. The van der Waals surface area contributed by atoms with Crippen molar-refractivity contribution in [2.75, 3.05) is 26.1 Å². The van der Waals surface area contributed by atoms with Crippen molar-refractivity contribution >= 4 is 22.7 Å². The maximum absolute atomic E-state index is 15.0. The number of Topliss-reactive ketones (excluding diaryl/α,β-unsaturated/α-hetero) is 1. The van der Waals surface area contributed by atoms with Gasteiger partial charge in [0, 0.05) is 37.0 Å². The maximum atomic E-state index is 15.0. The summed E-state index contributed by atoms with van der Waals surface area (Å²) >= 11 is 1.42. The van der Waals surface area contributed by atoms with Gasteiger partial charge in [-0.3, -0.25) is 9.78 Å². The number of benzene rings is 1. The molecule has 3 heterocycles. The molecule has 2 N–H and O–H groups in total. The van der Waals surface area contributed by atoms with Gasteiger partial charge in [-0.15, -0.1) is 0 Å². The third kappa shape index (κ3) is 4.06. The van der Waals surface area contributed by atoms with Crippen molar-refractivity contribution in [2.24, 2.45) is 16.6 Å². The summed E-state index contributed by atoms with van der Waals surface area (Å²) in [6.45, 7) is 0.574. The lowest BCUT2D eigenvalue weighted by molar-refractivity contribution is 0.0240. The quantitative estimate of drug-likeness (QED) is 0.687. The minimum Gasteiger partial charge on any atom is -0.382 e. The zero-order chi connectivity index (χ0) is 22.0. The van der Waals surface area contributed by atoms with E-state index in [0.717, 1.165) is 0 Å². The Bertz CT molecular complexity index is 1070. The van der Waals surface area contributed by atoms with Crippen molar-refractivity contribution in [1.82, 2.24) is 4.98 Å². The number of aliphatic imine (C=N–C) groups is 1. The highest BCUT2D eigenvalue weighted by molar-refractivity contribution is 8.13. The van der Waals surface area contributed by atoms with Crippen LogP contribution in [0.5, 0.6) is 0 Å². The number of aromatic nitrogens is 1. The van der Waals surface area contributed by atoms with E-state index in [1.54, 1.807) is 25.3 Å². The Kier molecular flexibility index (Phi) is 6.05. The number of rotatable bonds is 6. The number of fused-ring (bicyclic) bond motifs is 1. The van der Waals surface area contributed by atoms with Crippen molar-refractivity contribution in [3.63, 3.8) is 0 Å². The molecule has 31 heavy (non-hydrogen) atoms. The van der Waals surface area contributed by atoms with Crippen LogP contribution in [0.3, 0.4) is 0 Å². The van der Waals surface area contributed by atoms with Gasteiger partial charge in [0.25, 0.3) is 0 Å². The van der Waals surface area contributed by atoms with Crippen LogP contribution >= 0.6 is 11.8 Å². The molecule has 0 amide bonds. The zero-order valence-electron chi connectivity index (χ0n) is 16.9. The molecular weight excluding hydrogens is 419 g/mol. The summed E-state index contributed by atoms with van der Waals surface area (Å²) in [5.41, 5.74) is 6.71. The van der Waals surface area contributed by atoms with Crippen LogP contribution in [0.1, 0.15) is 27.2 Å². The fraction of sp³-hybridized carbons (Fsp3) is 0.364. The third-order valence-electron chi connectivity index (χ3n) is 5.67. The predicted molar refractivity (Wildman–Crippen MR) is 114 cm³/mol. The van der Waals surface area contributed by atoms with Gasteiger partial charge in [-0.2, -0.15) is 5.26 Å². The topological polar surface area (TPSA) is 111 Å². The van der Waals surface area contributed by atoms with Crippen LogP contribution < -0.4 is 5.73 Å². The van der Waals surface area contributed by atoms with Gasteiger partial charge in [-0.1, -0.05) is 17.8 Å². The molecule has 0 bridgehead atoms. The first-order valence-corrected chi connectivity index (χ1v) is 10.7. The first kappa shape index (κ1) is 21.4. The number of nitriles is 1. The fourth-order valence-corrected chi connectivity index (χ4v) is 5.18. The Labute approximate surface area is 183 Å². The summed E-state index contributed by atoms with van der Waals surface area (Å²) in [4.78, 5) is 21.4. The number of carbonyl (C=O) groups excluding carboxylic acids is 1. The second-order valence-electron chi connectivity index (χ2n) is 7.55. The Morgan fingerprint density at radius 1 is 1.45 bits per heavy atom. The van der Waals surface area contributed by atoms with E-state index in [1.165, 1.54) is 30.1 Å². The van der Waals surface area contributed by atoms with E-state index in [2.05, 4.69) is 9.98 Å². The van der Waals surface area contributed by atoms with E-state index >= 15 is 4.39 Å². The minimum absolute atomic E-state index is 0.0449. The lowest BCUT2D eigenvalue weighted by Crippen LogP contribution is -2.43. The first-order chi connectivity index (χ1) is 15.0. The largest absolute Gasteiger partial charge is 0.382 e. The Morgan fingerprint density at radius 2 is 2.29 bits per heavy atom. The van der Waals surface area contributed by atoms with Gasteiger partial charge >= 0.3 is 0 Å². The van der Waals surface area contributed by atoms with E-state index in [4.69, 9.17) is 20.5 Å². The van der Waals surface area contributed by atoms with E-state index in [1.807, 2.05) is 6.07 Å². The van der Waals surface area contributed by atoms with Crippen LogP contribution in [-0.2, 0) is 21.4 Å². The number of amidine groups is 1. The smallest absolute Gasteiger partial charge is 0.185 e.